The van der Waals surface area contributed by atoms with Gasteiger partial charge in [-0.1, -0.05) is 88.7 Å². The molecule has 0 saturated heterocycles. The Morgan fingerprint density at radius 3 is 2.16 bits per heavy atom. The van der Waals surface area contributed by atoms with Crippen molar-refractivity contribution >= 4 is 50.6 Å². The van der Waals surface area contributed by atoms with Gasteiger partial charge in [0.05, 0.1) is 16.9 Å². The Hall–Kier alpha value is -3.21. The van der Waals surface area contributed by atoms with Crippen molar-refractivity contribution in [3.8, 4) is 11.5 Å². The zero-order valence-electron chi connectivity index (χ0n) is 19.9. The lowest BCUT2D eigenvalue weighted by atomic mass is 9.85. The molecule has 0 heterocycles. The lowest BCUT2D eigenvalue weighted by Gasteiger charge is -2.27. The first-order chi connectivity index (χ1) is 17.9. The second-order valence-electron chi connectivity index (χ2n) is 8.09. The number of nitrogens with one attached hydrogen (secondary N) is 1. The van der Waals surface area contributed by atoms with E-state index in [-0.39, 0.29) is 0 Å². The van der Waals surface area contributed by atoms with Crippen LogP contribution in [0.1, 0.15) is 22.3 Å². The molecule has 0 saturated carbocycles. The summed E-state index contributed by atoms with van der Waals surface area (Å²) in [6, 6.07) is 29.1. The van der Waals surface area contributed by atoms with Crippen LogP contribution in [0.2, 0.25) is 0 Å². The fraction of sp³-hybridized carbons (Fsp3) is 0.103. The summed E-state index contributed by atoms with van der Waals surface area (Å²) < 4.78 is 13.4. The molecule has 6 nitrogen and oxygen atoms in total. The van der Waals surface area contributed by atoms with Crippen LogP contribution >= 0.6 is 38.5 Å². The van der Waals surface area contributed by atoms with Crippen molar-refractivity contribution in [2.45, 2.75) is 12.2 Å². The maximum Gasteiger partial charge on any atom is 0.281 e. The van der Waals surface area contributed by atoms with Gasteiger partial charge in [0.15, 0.2) is 17.1 Å². The highest BCUT2D eigenvalue weighted by Crippen LogP contribution is 2.34. The fourth-order valence-corrected chi connectivity index (χ4v) is 4.77. The van der Waals surface area contributed by atoms with E-state index in [0.717, 1.165) is 13.6 Å². The second-order valence-corrected chi connectivity index (χ2v) is 10.2. The van der Waals surface area contributed by atoms with Crippen molar-refractivity contribution in [3.63, 3.8) is 0 Å². The number of rotatable bonds is 9. The summed E-state index contributed by atoms with van der Waals surface area (Å²) in [7, 11) is 1.57. The van der Waals surface area contributed by atoms with Gasteiger partial charge < -0.3 is 14.6 Å². The number of amides is 1. The van der Waals surface area contributed by atoms with E-state index >= 15 is 0 Å². The van der Waals surface area contributed by atoms with Gasteiger partial charge in [-0.25, -0.2) is 5.43 Å². The minimum Gasteiger partial charge on any atom is -0.493 e. The van der Waals surface area contributed by atoms with E-state index in [1.165, 1.54) is 6.21 Å². The maximum absolute atomic E-state index is 13.2. The molecule has 0 atom stereocenters. The van der Waals surface area contributed by atoms with Gasteiger partial charge >= 0.3 is 0 Å². The largest absolute Gasteiger partial charge is 0.493 e. The monoisotopic (exact) mass is 670 g/mol. The molecular formula is C29H24BrIN2O4. The van der Waals surface area contributed by atoms with Gasteiger partial charge in [-0.3, -0.25) is 4.79 Å². The number of halogens is 2. The normalized spacial score (nSPS) is 11.4. The molecule has 0 spiro atoms. The summed E-state index contributed by atoms with van der Waals surface area (Å²) in [4.78, 5) is 13.2. The van der Waals surface area contributed by atoms with Gasteiger partial charge in [-0.15, -0.1) is 0 Å². The van der Waals surface area contributed by atoms with E-state index in [9.17, 15) is 9.90 Å². The summed E-state index contributed by atoms with van der Waals surface area (Å²) in [6.07, 6.45) is 1.50. The Bertz CT molecular complexity index is 1340. The number of hydrazone groups is 1. The van der Waals surface area contributed by atoms with Crippen LogP contribution in [-0.4, -0.2) is 24.3 Å². The highest BCUT2D eigenvalue weighted by molar-refractivity contribution is 14.1. The summed E-state index contributed by atoms with van der Waals surface area (Å²) in [5, 5.41) is 15.6. The summed E-state index contributed by atoms with van der Waals surface area (Å²) in [6.45, 7) is 0.390. The molecule has 0 radical (unpaired) electrons. The molecule has 2 N–H and O–H groups in total. The van der Waals surface area contributed by atoms with Crippen molar-refractivity contribution in [1.29, 1.82) is 0 Å². The fourth-order valence-electron chi connectivity index (χ4n) is 3.72. The van der Waals surface area contributed by atoms with Crippen LogP contribution in [0.4, 0.5) is 0 Å². The third kappa shape index (κ3) is 6.38. The van der Waals surface area contributed by atoms with E-state index in [1.54, 1.807) is 61.7 Å². The van der Waals surface area contributed by atoms with Gasteiger partial charge in [-0.05, 0) is 69.1 Å². The summed E-state index contributed by atoms with van der Waals surface area (Å²) in [5.41, 5.74) is 3.19. The van der Waals surface area contributed by atoms with Crippen LogP contribution in [0.25, 0.3) is 0 Å². The average Bonchev–Trinajstić information content (AvgIpc) is 2.93. The molecule has 37 heavy (non-hydrogen) atoms. The van der Waals surface area contributed by atoms with Crippen molar-refractivity contribution in [3.05, 3.63) is 127 Å². The van der Waals surface area contributed by atoms with Crippen LogP contribution in [0, 0.1) is 3.57 Å². The summed E-state index contributed by atoms with van der Waals surface area (Å²) in [5.74, 6) is 0.494. The Balaban J connectivity index is 1.52. The number of aliphatic hydroxyl groups is 1. The molecule has 0 unspecified atom stereocenters. The van der Waals surface area contributed by atoms with Crippen molar-refractivity contribution in [2.75, 3.05) is 7.11 Å². The standard InChI is InChI=1S/C29H24BrIN2O4/c1-36-26-17-21(16-25(31)27(26)37-19-20-12-14-24(30)15-13-20)18-32-33-28(34)29(35,22-8-4-2-5-9-22)23-10-6-3-7-11-23/h2-18,35H,19H2,1H3,(H,33,34)/b32-18-. The van der Waals surface area contributed by atoms with Gasteiger partial charge in [-0.2, -0.15) is 5.10 Å². The molecule has 0 fully saturated rings. The SMILES string of the molecule is COc1cc(/C=N\NC(=O)C(O)(c2ccccc2)c2ccccc2)cc(I)c1OCc1ccc(Br)cc1. The Morgan fingerprint density at radius 2 is 1.59 bits per heavy atom. The minimum atomic E-state index is -1.91. The van der Waals surface area contributed by atoms with Gasteiger partial charge in [0.25, 0.3) is 5.91 Å². The average molecular weight is 671 g/mol. The van der Waals surface area contributed by atoms with E-state index in [1.807, 2.05) is 42.5 Å². The minimum absolute atomic E-state index is 0.390. The van der Waals surface area contributed by atoms with Gasteiger partial charge in [0.1, 0.15) is 6.61 Å². The highest BCUT2D eigenvalue weighted by Gasteiger charge is 2.39. The van der Waals surface area contributed by atoms with Crippen LogP contribution < -0.4 is 14.9 Å². The highest BCUT2D eigenvalue weighted by atomic mass is 127. The number of nitrogens with zero attached hydrogens (tertiary/aromatic N) is 1. The molecular weight excluding hydrogens is 647 g/mol. The molecule has 4 aromatic carbocycles. The molecule has 4 aromatic rings. The number of carbonyl (C=O) groups excluding carboxylic acids is 1. The van der Waals surface area contributed by atoms with E-state index in [4.69, 9.17) is 9.47 Å². The molecule has 0 aliphatic carbocycles. The van der Waals surface area contributed by atoms with Crippen molar-refractivity contribution < 1.29 is 19.4 Å². The third-order valence-corrected chi connectivity index (χ3v) is 6.97. The third-order valence-electron chi connectivity index (χ3n) is 5.64. The van der Waals surface area contributed by atoms with Gasteiger partial charge in [0, 0.05) is 4.47 Å². The van der Waals surface area contributed by atoms with Crippen LogP contribution in [0.5, 0.6) is 11.5 Å². The number of hydrogen-bond acceptors (Lipinski definition) is 5. The van der Waals surface area contributed by atoms with Crippen LogP contribution in [-0.2, 0) is 17.0 Å². The smallest absolute Gasteiger partial charge is 0.281 e. The van der Waals surface area contributed by atoms with E-state index in [0.29, 0.717) is 34.8 Å². The van der Waals surface area contributed by atoms with Crippen molar-refractivity contribution in [1.82, 2.24) is 5.43 Å². The molecule has 1 amide bonds. The van der Waals surface area contributed by atoms with Gasteiger partial charge in [0.2, 0.25) is 0 Å². The molecule has 0 aliphatic heterocycles. The Morgan fingerprint density at radius 1 is 1.00 bits per heavy atom. The molecule has 4 rings (SSSR count). The quantitative estimate of drug-likeness (QED) is 0.130. The molecule has 0 bridgehead atoms. The number of carbonyl (C=O) groups is 1. The van der Waals surface area contributed by atoms with E-state index in [2.05, 4.69) is 49.0 Å². The first-order valence-corrected chi connectivity index (χ1v) is 13.2. The molecule has 8 heteroatoms. The van der Waals surface area contributed by atoms with E-state index < -0.39 is 11.5 Å². The number of methoxy groups -OCH3 is 1. The number of benzene rings is 4. The number of hydrogen-bond donors (Lipinski definition) is 2. The molecule has 0 aromatic heterocycles. The predicted octanol–water partition coefficient (Wildman–Crippen LogP) is 6.03. The first kappa shape index (κ1) is 26.8. The predicted molar refractivity (Wildman–Crippen MR) is 156 cm³/mol. The second kappa shape index (κ2) is 12.4. The van der Waals surface area contributed by atoms with Crippen molar-refractivity contribution in [2.24, 2.45) is 5.10 Å². The maximum atomic E-state index is 13.2. The summed E-state index contributed by atoms with van der Waals surface area (Å²) >= 11 is 5.61. The Labute approximate surface area is 237 Å². The van der Waals surface area contributed by atoms with Crippen LogP contribution in [0.3, 0.4) is 0 Å². The Kier molecular flexibility index (Phi) is 8.96. The number of ether oxygens (including phenoxy) is 2. The topological polar surface area (TPSA) is 80.2 Å². The zero-order valence-corrected chi connectivity index (χ0v) is 23.6. The lowest BCUT2D eigenvalue weighted by Crippen LogP contribution is -2.43. The molecule has 188 valence electrons. The first-order valence-electron chi connectivity index (χ1n) is 11.3. The molecule has 0 aliphatic rings. The van der Waals surface area contributed by atoms with Crippen LogP contribution in [0.15, 0.2) is 107 Å². The zero-order chi connectivity index (χ0) is 26.3. The lowest BCUT2D eigenvalue weighted by molar-refractivity contribution is -0.136.